The first-order valence-corrected chi connectivity index (χ1v) is 10.6. The minimum absolute atomic E-state index is 0.0745. The summed E-state index contributed by atoms with van der Waals surface area (Å²) >= 11 is 7.43. The predicted octanol–water partition coefficient (Wildman–Crippen LogP) is 5.10. The van der Waals surface area contributed by atoms with E-state index in [1.807, 2.05) is 40.0 Å². The van der Waals surface area contributed by atoms with Crippen molar-refractivity contribution in [3.05, 3.63) is 64.2 Å². The summed E-state index contributed by atoms with van der Waals surface area (Å²) in [5, 5.41) is 12.2. The first kappa shape index (κ1) is 22.1. The molecule has 0 radical (unpaired) electrons. The molecule has 0 spiro atoms. The molecular weight excluding hydrogens is 427 g/mol. The van der Waals surface area contributed by atoms with Crippen molar-refractivity contribution in [3.63, 3.8) is 0 Å². The second-order valence-electron chi connectivity index (χ2n) is 6.85. The van der Waals surface area contributed by atoms with E-state index in [-0.39, 0.29) is 23.5 Å². The molecule has 30 heavy (non-hydrogen) atoms. The van der Waals surface area contributed by atoms with Crippen LogP contribution in [0.2, 0.25) is 5.02 Å². The quantitative estimate of drug-likeness (QED) is 0.509. The van der Waals surface area contributed by atoms with E-state index in [0.29, 0.717) is 16.7 Å². The van der Waals surface area contributed by atoms with Gasteiger partial charge in [0.25, 0.3) is 0 Å². The van der Waals surface area contributed by atoms with Crippen LogP contribution < -0.4 is 10.1 Å². The first-order valence-electron chi connectivity index (χ1n) is 9.26. The maximum Gasteiger partial charge on any atom is 0.234 e. The van der Waals surface area contributed by atoms with Crippen molar-refractivity contribution < 1.29 is 13.9 Å². The number of carbonyl (C=O) groups is 1. The van der Waals surface area contributed by atoms with E-state index in [4.69, 9.17) is 16.3 Å². The zero-order valence-corrected chi connectivity index (χ0v) is 18.6. The third kappa shape index (κ3) is 5.12. The molecule has 0 saturated carbocycles. The number of thioether (sulfide) groups is 1. The molecule has 1 atom stereocenters. The van der Waals surface area contributed by atoms with Crippen LogP contribution >= 0.6 is 23.4 Å². The van der Waals surface area contributed by atoms with Crippen molar-refractivity contribution in [2.75, 3.05) is 11.1 Å². The number of carbonyl (C=O) groups excluding carboxylic acids is 1. The third-order valence-electron chi connectivity index (χ3n) is 4.44. The van der Waals surface area contributed by atoms with E-state index >= 15 is 0 Å². The molecule has 3 rings (SSSR count). The number of halogens is 2. The summed E-state index contributed by atoms with van der Waals surface area (Å²) in [5.41, 5.74) is 2.03. The fourth-order valence-electron chi connectivity index (χ4n) is 2.92. The molecule has 0 aliphatic heterocycles. The Kier molecular flexibility index (Phi) is 6.99. The summed E-state index contributed by atoms with van der Waals surface area (Å²) in [5.74, 6) is 0.590. The van der Waals surface area contributed by atoms with E-state index in [2.05, 4.69) is 15.5 Å². The lowest BCUT2D eigenvalue weighted by Crippen LogP contribution is -2.15. The topological polar surface area (TPSA) is 69.0 Å². The van der Waals surface area contributed by atoms with Crippen LogP contribution in [-0.2, 0) is 11.8 Å². The number of amides is 1. The van der Waals surface area contributed by atoms with E-state index < -0.39 is 5.82 Å². The molecule has 9 heteroatoms. The second kappa shape index (κ2) is 9.49. The van der Waals surface area contributed by atoms with Crippen molar-refractivity contribution in [3.8, 4) is 5.75 Å². The Morgan fingerprint density at radius 3 is 2.60 bits per heavy atom. The highest BCUT2D eigenvalue weighted by molar-refractivity contribution is 7.99. The summed E-state index contributed by atoms with van der Waals surface area (Å²) in [6, 6.07) is 9.79. The smallest absolute Gasteiger partial charge is 0.234 e. The fourth-order valence-corrected chi connectivity index (χ4v) is 3.74. The molecule has 1 aromatic heterocycles. The number of aryl methyl sites for hydroxylation is 2. The van der Waals surface area contributed by atoms with Crippen LogP contribution in [0.4, 0.5) is 10.1 Å². The van der Waals surface area contributed by atoms with Crippen molar-refractivity contribution in [1.82, 2.24) is 14.8 Å². The summed E-state index contributed by atoms with van der Waals surface area (Å²) in [7, 11) is 1.81. The predicted molar refractivity (Wildman–Crippen MR) is 117 cm³/mol. The van der Waals surface area contributed by atoms with E-state index in [0.717, 1.165) is 16.1 Å². The minimum Gasteiger partial charge on any atom is -0.483 e. The van der Waals surface area contributed by atoms with Crippen LogP contribution in [-0.4, -0.2) is 26.4 Å². The molecule has 158 valence electrons. The fraction of sp³-hybridized carbons (Fsp3) is 0.286. The van der Waals surface area contributed by atoms with Crippen molar-refractivity contribution >= 4 is 35.0 Å². The van der Waals surface area contributed by atoms with Gasteiger partial charge in [0.1, 0.15) is 11.6 Å². The van der Waals surface area contributed by atoms with Gasteiger partial charge in [-0.15, -0.1) is 10.2 Å². The maximum absolute atomic E-state index is 13.7. The summed E-state index contributed by atoms with van der Waals surface area (Å²) in [6.45, 7) is 5.73. The van der Waals surface area contributed by atoms with Crippen LogP contribution in [0.15, 0.2) is 41.6 Å². The molecule has 2 aromatic carbocycles. The number of nitrogens with one attached hydrogen (secondary N) is 1. The number of nitrogens with zero attached hydrogens (tertiary/aromatic N) is 3. The Hall–Kier alpha value is -2.58. The van der Waals surface area contributed by atoms with Gasteiger partial charge in [-0.1, -0.05) is 35.5 Å². The SMILES string of the molecule is Cc1cc(OC(C)c2nnc(SCC(=O)Nc3ccccc3F)n2C)cc(C)c1Cl. The van der Waals surface area contributed by atoms with Gasteiger partial charge in [-0.3, -0.25) is 4.79 Å². The molecule has 1 unspecified atom stereocenters. The van der Waals surface area contributed by atoms with Gasteiger partial charge in [0, 0.05) is 12.1 Å². The number of benzene rings is 2. The molecule has 0 aliphatic carbocycles. The van der Waals surface area contributed by atoms with Crippen LogP contribution in [0.5, 0.6) is 5.75 Å². The standard InChI is InChI=1S/C21H22ClFN4O2S/c1-12-9-15(10-13(2)19(12)22)29-14(3)20-25-26-21(27(20)4)30-11-18(28)24-17-8-6-5-7-16(17)23/h5-10,14H,11H2,1-4H3,(H,24,28). The molecule has 0 saturated heterocycles. The molecule has 0 bridgehead atoms. The number of hydrogen-bond acceptors (Lipinski definition) is 5. The Balaban J connectivity index is 1.62. The molecule has 1 amide bonds. The zero-order chi connectivity index (χ0) is 21.8. The average Bonchev–Trinajstić information content (AvgIpc) is 3.07. The van der Waals surface area contributed by atoms with Crippen LogP contribution in [0.1, 0.15) is 30.0 Å². The molecule has 6 nitrogen and oxygen atoms in total. The first-order chi connectivity index (χ1) is 14.3. The molecule has 0 aliphatic rings. The van der Waals surface area contributed by atoms with E-state index in [1.165, 1.54) is 23.9 Å². The van der Waals surface area contributed by atoms with Gasteiger partial charge in [-0.05, 0) is 56.2 Å². The largest absolute Gasteiger partial charge is 0.483 e. The van der Waals surface area contributed by atoms with Crippen LogP contribution in [0.3, 0.4) is 0 Å². The lowest BCUT2D eigenvalue weighted by atomic mass is 10.1. The molecule has 1 heterocycles. The third-order valence-corrected chi connectivity index (χ3v) is 6.05. The Morgan fingerprint density at radius 2 is 1.93 bits per heavy atom. The number of anilines is 1. The van der Waals surface area contributed by atoms with Crippen molar-refractivity contribution in [2.24, 2.45) is 7.05 Å². The van der Waals surface area contributed by atoms with Gasteiger partial charge in [-0.25, -0.2) is 4.39 Å². The van der Waals surface area contributed by atoms with Gasteiger partial charge in [0.2, 0.25) is 5.91 Å². The monoisotopic (exact) mass is 448 g/mol. The number of aromatic nitrogens is 3. The van der Waals surface area contributed by atoms with Gasteiger partial charge in [0.15, 0.2) is 17.1 Å². The van der Waals surface area contributed by atoms with Gasteiger partial charge in [-0.2, -0.15) is 0 Å². The Bertz CT molecular complexity index is 1050. The number of rotatable bonds is 7. The number of para-hydroxylation sites is 1. The molecular formula is C21H22ClFN4O2S. The highest BCUT2D eigenvalue weighted by Gasteiger charge is 2.19. The van der Waals surface area contributed by atoms with Crippen molar-refractivity contribution in [2.45, 2.75) is 32.0 Å². The number of hydrogen-bond donors (Lipinski definition) is 1. The minimum atomic E-state index is -0.476. The van der Waals surface area contributed by atoms with Crippen LogP contribution in [0.25, 0.3) is 0 Å². The number of ether oxygens (including phenoxy) is 1. The average molecular weight is 449 g/mol. The Labute approximate surface area is 183 Å². The van der Waals surface area contributed by atoms with Gasteiger partial charge in [0.05, 0.1) is 11.4 Å². The van der Waals surface area contributed by atoms with Gasteiger partial charge < -0.3 is 14.6 Å². The lowest BCUT2D eigenvalue weighted by molar-refractivity contribution is -0.113. The van der Waals surface area contributed by atoms with E-state index in [9.17, 15) is 9.18 Å². The second-order valence-corrected chi connectivity index (χ2v) is 8.17. The van der Waals surface area contributed by atoms with E-state index in [1.54, 1.807) is 16.7 Å². The van der Waals surface area contributed by atoms with Crippen LogP contribution in [0, 0.1) is 19.7 Å². The molecule has 1 N–H and O–H groups in total. The highest BCUT2D eigenvalue weighted by atomic mass is 35.5. The van der Waals surface area contributed by atoms with Crippen molar-refractivity contribution in [1.29, 1.82) is 0 Å². The highest BCUT2D eigenvalue weighted by Crippen LogP contribution is 2.29. The lowest BCUT2D eigenvalue weighted by Gasteiger charge is -2.16. The molecule has 3 aromatic rings. The normalized spacial score (nSPS) is 11.9. The Morgan fingerprint density at radius 1 is 1.27 bits per heavy atom. The van der Waals surface area contributed by atoms with Gasteiger partial charge >= 0.3 is 0 Å². The summed E-state index contributed by atoms with van der Waals surface area (Å²) < 4.78 is 21.4. The summed E-state index contributed by atoms with van der Waals surface area (Å²) in [6.07, 6.45) is -0.357. The molecule has 0 fully saturated rings. The maximum atomic E-state index is 13.7. The summed E-state index contributed by atoms with van der Waals surface area (Å²) in [4.78, 5) is 12.1. The zero-order valence-electron chi connectivity index (χ0n) is 17.1.